The van der Waals surface area contributed by atoms with Crippen LogP contribution in [0.25, 0.3) is 0 Å². The summed E-state index contributed by atoms with van der Waals surface area (Å²) in [5.41, 5.74) is 0.210. The average molecular weight is 219 g/mol. The molecule has 0 unspecified atom stereocenters. The summed E-state index contributed by atoms with van der Waals surface area (Å²) in [5.74, 6) is -1.16. The maximum atomic E-state index is 11.8. The summed E-state index contributed by atoms with van der Waals surface area (Å²) in [6.45, 7) is 0. The predicted octanol–water partition coefficient (Wildman–Crippen LogP) is 2.28. The van der Waals surface area contributed by atoms with Gasteiger partial charge in [0.15, 0.2) is 0 Å². The summed E-state index contributed by atoms with van der Waals surface area (Å²) in [4.78, 5) is 10.8. The van der Waals surface area contributed by atoms with Crippen LogP contribution in [0.2, 0.25) is 0 Å². The van der Waals surface area contributed by atoms with E-state index in [2.05, 4.69) is 5.32 Å². The number of nitrogens with one attached hydrogen (secondary N) is 1. The molecule has 0 saturated carbocycles. The molecule has 6 heteroatoms. The van der Waals surface area contributed by atoms with Crippen molar-refractivity contribution in [1.29, 1.82) is 0 Å². The van der Waals surface area contributed by atoms with Gasteiger partial charge in [0.05, 0.1) is 0 Å². The van der Waals surface area contributed by atoms with Crippen molar-refractivity contribution in [2.75, 3.05) is 5.32 Å². The Bertz CT molecular complexity index is 345. The van der Waals surface area contributed by atoms with Crippen LogP contribution in [0.5, 0.6) is 5.75 Å². The van der Waals surface area contributed by atoms with Crippen LogP contribution in [0.15, 0.2) is 24.3 Å². The molecule has 1 rings (SSSR count). The second-order valence-corrected chi connectivity index (χ2v) is 2.89. The number of carbonyl (C=O) groups is 1. The van der Waals surface area contributed by atoms with Crippen LogP contribution in [0, 0.1) is 0 Å². The van der Waals surface area contributed by atoms with Gasteiger partial charge in [0.25, 0.3) is 0 Å². The molecule has 0 aromatic heterocycles. The third-order valence-electron chi connectivity index (χ3n) is 1.51. The van der Waals surface area contributed by atoms with Crippen LogP contribution < -0.4 is 5.32 Å². The maximum Gasteiger partial charge on any atom is 0.397 e. The third kappa shape index (κ3) is 4.35. The highest BCUT2D eigenvalue weighted by atomic mass is 19.4. The molecule has 0 fully saturated rings. The molecule has 0 spiro atoms. The van der Waals surface area contributed by atoms with Gasteiger partial charge in [0, 0.05) is 5.69 Å². The normalized spacial score (nSPS) is 11.1. The highest BCUT2D eigenvalue weighted by molar-refractivity contribution is 5.91. The van der Waals surface area contributed by atoms with Crippen LogP contribution in [0.4, 0.5) is 18.9 Å². The molecule has 0 aliphatic carbocycles. The summed E-state index contributed by atoms with van der Waals surface area (Å²) in [6.07, 6.45) is -6.03. The summed E-state index contributed by atoms with van der Waals surface area (Å²) < 4.78 is 35.3. The molecule has 82 valence electrons. The molecule has 0 saturated heterocycles. The number of benzene rings is 1. The van der Waals surface area contributed by atoms with Crippen molar-refractivity contribution in [3.05, 3.63) is 24.3 Å². The van der Waals surface area contributed by atoms with Crippen molar-refractivity contribution in [2.45, 2.75) is 12.6 Å². The quantitative estimate of drug-likeness (QED) is 0.749. The molecule has 1 amide bonds. The van der Waals surface area contributed by atoms with Crippen LogP contribution in [-0.4, -0.2) is 17.2 Å². The topological polar surface area (TPSA) is 49.3 Å². The van der Waals surface area contributed by atoms with Gasteiger partial charge in [0.1, 0.15) is 12.2 Å². The Balaban J connectivity index is 2.55. The lowest BCUT2D eigenvalue weighted by Gasteiger charge is -2.07. The van der Waals surface area contributed by atoms with Gasteiger partial charge in [-0.25, -0.2) is 0 Å². The van der Waals surface area contributed by atoms with Gasteiger partial charge < -0.3 is 10.4 Å². The molecular formula is C9H8F3NO2. The van der Waals surface area contributed by atoms with Gasteiger partial charge in [-0.1, -0.05) is 0 Å². The molecule has 0 aliphatic rings. The Morgan fingerprint density at radius 2 is 1.80 bits per heavy atom. The largest absolute Gasteiger partial charge is 0.508 e. The Morgan fingerprint density at radius 1 is 1.27 bits per heavy atom. The lowest BCUT2D eigenvalue weighted by Crippen LogP contribution is -2.21. The number of halogens is 3. The number of hydrogen-bond donors (Lipinski definition) is 2. The Kier molecular flexibility index (Phi) is 3.18. The van der Waals surface area contributed by atoms with Gasteiger partial charge in [-0.3, -0.25) is 4.79 Å². The van der Waals surface area contributed by atoms with E-state index in [0.717, 1.165) is 0 Å². The zero-order chi connectivity index (χ0) is 11.5. The van der Waals surface area contributed by atoms with E-state index in [1.54, 1.807) is 0 Å². The molecule has 1 aromatic carbocycles. The summed E-state index contributed by atoms with van der Waals surface area (Å²) in [7, 11) is 0. The van der Waals surface area contributed by atoms with Gasteiger partial charge in [-0.05, 0) is 24.3 Å². The number of carbonyl (C=O) groups excluding carboxylic acids is 1. The van der Waals surface area contributed by atoms with Gasteiger partial charge >= 0.3 is 6.18 Å². The van der Waals surface area contributed by atoms with E-state index in [0.29, 0.717) is 0 Å². The predicted molar refractivity (Wildman–Crippen MR) is 47.4 cm³/mol. The van der Waals surface area contributed by atoms with E-state index >= 15 is 0 Å². The van der Waals surface area contributed by atoms with Crippen molar-refractivity contribution in [2.24, 2.45) is 0 Å². The second kappa shape index (κ2) is 4.20. The summed E-state index contributed by atoms with van der Waals surface area (Å²) in [5, 5.41) is 10.9. The fraction of sp³-hybridized carbons (Fsp3) is 0.222. The van der Waals surface area contributed by atoms with Crippen molar-refractivity contribution < 1.29 is 23.1 Å². The second-order valence-electron chi connectivity index (χ2n) is 2.89. The number of rotatable bonds is 2. The Labute approximate surface area is 83.5 Å². The van der Waals surface area contributed by atoms with Gasteiger partial charge in [-0.2, -0.15) is 13.2 Å². The van der Waals surface area contributed by atoms with Crippen molar-refractivity contribution in [3.8, 4) is 5.75 Å². The first-order chi connectivity index (χ1) is 6.87. The Hall–Kier alpha value is -1.72. The minimum absolute atomic E-state index is 0.0242. The van der Waals surface area contributed by atoms with Gasteiger partial charge in [-0.15, -0.1) is 0 Å². The van der Waals surface area contributed by atoms with E-state index in [-0.39, 0.29) is 11.4 Å². The van der Waals surface area contributed by atoms with E-state index in [4.69, 9.17) is 5.11 Å². The van der Waals surface area contributed by atoms with Crippen molar-refractivity contribution >= 4 is 11.6 Å². The highest BCUT2D eigenvalue weighted by Gasteiger charge is 2.31. The molecule has 15 heavy (non-hydrogen) atoms. The number of alkyl halides is 3. The van der Waals surface area contributed by atoms with E-state index in [9.17, 15) is 18.0 Å². The van der Waals surface area contributed by atoms with E-state index < -0.39 is 18.5 Å². The minimum Gasteiger partial charge on any atom is -0.508 e. The van der Waals surface area contributed by atoms with Crippen molar-refractivity contribution in [1.82, 2.24) is 0 Å². The lowest BCUT2D eigenvalue weighted by atomic mass is 10.3. The number of aromatic hydroxyl groups is 1. The number of anilines is 1. The molecule has 0 radical (unpaired) electrons. The van der Waals surface area contributed by atoms with Crippen molar-refractivity contribution in [3.63, 3.8) is 0 Å². The first-order valence-electron chi connectivity index (χ1n) is 4.02. The number of amides is 1. The smallest absolute Gasteiger partial charge is 0.397 e. The Morgan fingerprint density at radius 3 is 2.27 bits per heavy atom. The number of hydrogen-bond acceptors (Lipinski definition) is 2. The molecule has 3 nitrogen and oxygen atoms in total. The average Bonchev–Trinajstić information content (AvgIpc) is 2.05. The third-order valence-corrected chi connectivity index (χ3v) is 1.51. The monoisotopic (exact) mass is 219 g/mol. The van der Waals surface area contributed by atoms with Crippen LogP contribution in [-0.2, 0) is 4.79 Å². The van der Waals surface area contributed by atoms with Crippen LogP contribution >= 0.6 is 0 Å². The van der Waals surface area contributed by atoms with Crippen LogP contribution in [0.3, 0.4) is 0 Å². The molecule has 1 aromatic rings. The first kappa shape index (κ1) is 11.4. The highest BCUT2D eigenvalue weighted by Crippen LogP contribution is 2.21. The fourth-order valence-electron chi connectivity index (χ4n) is 0.932. The van der Waals surface area contributed by atoms with Gasteiger partial charge in [0.2, 0.25) is 5.91 Å². The number of phenols is 1. The molecule has 0 aliphatic heterocycles. The molecule has 0 atom stereocenters. The molecule has 2 N–H and O–H groups in total. The molecule has 0 heterocycles. The standard InChI is InChI=1S/C9H8F3NO2/c10-9(11,12)5-8(15)13-6-1-3-7(14)4-2-6/h1-4,14H,5H2,(H,13,15). The molecule has 0 bridgehead atoms. The lowest BCUT2D eigenvalue weighted by molar-refractivity contribution is -0.150. The summed E-state index contributed by atoms with van der Waals surface area (Å²) >= 11 is 0. The minimum atomic E-state index is -4.51. The first-order valence-corrected chi connectivity index (χ1v) is 4.02. The molecular weight excluding hydrogens is 211 g/mol. The van der Waals surface area contributed by atoms with Crippen LogP contribution in [0.1, 0.15) is 6.42 Å². The van der Waals surface area contributed by atoms with E-state index in [1.807, 2.05) is 0 Å². The fourth-order valence-corrected chi connectivity index (χ4v) is 0.932. The maximum absolute atomic E-state index is 11.8. The SMILES string of the molecule is O=C(CC(F)(F)F)Nc1ccc(O)cc1. The number of phenolic OH excluding ortho intramolecular Hbond substituents is 1. The zero-order valence-electron chi connectivity index (χ0n) is 7.51. The zero-order valence-corrected chi connectivity index (χ0v) is 7.51. The summed E-state index contributed by atoms with van der Waals surface area (Å²) in [6, 6.07) is 5.15. The van der Waals surface area contributed by atoms with E-state index in [1.165, 1.54) is 24.3 Å².